The Labute approximate surface area is 179 Å². The van der Waals surface area contributed by atoms with E-state index in [4.69, 9.17) is 4.74 Å². The summed E-state index contributed by atoms with van der Waals surface area (Å²) in [7, 11) is 0. The third kappa shape index (κ3) is 3.65. The standard InChI is InChI=1S/C27H46O2/c1-5-17-29-24-18-20-10-6-7-14-26(20,3)23-13-15-27(4)21(19(2)9-8-16-28)11-12-22(27)25(23)24/h5,19-25,28H,1,6-18H2,2-4H3/t19-,20?,21-,22+,23+,24-,25?,26+,27-/m1/s1. The van der Waals surface area contributed by atoms with Gasteiger partial charge in [0, 0.05) is 6.61 Å². The average molecular weight is 403 g/mol. The van der Waals surface area contributed by atoms with Crippen LogP contribution in [0.2, 0.25) is 0 Å². The van der Waals surface area contributed by atoms with Gasteiger partial charge in [0.2, 0.25) is 0 Å². The first-order valence-corrected chi connectivity index (χ1v) is 12.8. The second-order valence-electron chi connectivity index (χ2n) is 11.7. The molecule has 4 saturated carbocycles. The summed E-state index contributed by atoms with van der Waals surface area (Å²) in [5.74, 6) is 4.89. The quantitative estimate of drug-likeness (QED) is 0.485. The van der Waals surface area contributed by atoms with Crippen molar-refractivity contribution >= 4 is 0 Å². The van der Waals surface area contributed by atoms with E-state index < -0.39 is 0 Å². The molecule has 4 fully saturated rings. The molecular formula is C27H46O2. The molecule has 0 aromatic heterocycles. The lowest BCUT2D eigenvalue weighted by Gasteiger charge is -2.62. The molecule has 0 spiro atoms. The van der Waals surface area contributed by atoms with Crippen LogP contribution in [0.15, 0.2) is 12.7 Å². The van der Waals surface area contributed by atoms with Gasteiger partial charge in [0.25, 0.3) is 0 Å². The maximum Gasteiger partial charge on any atom is 0.0648 e. The first-order chi connectivity index (χ1) is 14.0. The van der Waals surface area contributed by atoms with E-state index in [0.29, 0.717) is 23.5 Å². The summed E-state index contributed by atoms with van der Waals surface area (Å²) in [5.41, 5.74) is 1.03. The van der Waals surface area contributed by atoms with Crippen LogP contribution in [0.3, 0.4) is 0 Å². The maximum absolute atomic E-state index is 9.34. The van der Waals surface area contributed by atoms with E-state index in [9.17, 15) is 5.11 Å². The second-order valence-corrected chi connectivity index (χ2v) is 11.7. The van der Waals surface area contributed by atoms with E-state index >= 15 is 0 Å². The molecule has 0 aromatic carbocycles. The zero-order valence-electron chi connectivity index (χ0n) is 19.4. The number of fused-ring (bicyclic) bond motifs is 5. The Morgan fingerprint density at radius 3 is 2.62 bits per heavy atom. The van der Waals surface area contributed by atoms with E-state index in [1.807, 2.05) is 6.08 Å². The minimum absolute atomic E-state index is 0.346. The number of aliphatic hydroxyl groups is 1. The summed E-state index contributed by atoms with van der Waals surface area (Å²) in [6.07, 6.45) is 17.2. The van der Waals surface area contributed by atoms with Gasteiger partial charge in [-0.15, -0.1) is 6.58 Å². The van der Waals surface area contributed by atoms with E-state index in [0.717, 1.165) is 48.5 Å². The van der Waals surface area contributed by atoms with Gasteiger partial charge in [-0.2, -0.15) is 0 Å². The van der Waals surface area contributed by atoms with Crippen molar-refractivity contribution in [1.29, 1.82) is 0 Å². The van der Waals surface area contributed by atoms with Gasteiger partial charge in [-0.3, -0.25) is 0 Å². The normalized spacial score (nSPS) is 47.7. The van der Waals surface area contributed by atoms with E-state index in [-0.39, 0.29) is 0 Å². The molecule has 0 aromatic rings. The molecule has 4 aliphatic carbocycles. The Hall–Kier alpha value is -0.340. The van der Waals surface area contributed by atoms with Crippen LogP contribution >= 0.6 is 0 Å². The van der Waals surface area contributed by atoms with Gasteiger partial charge in [0.05, 0.1) is 12.7 Å². The summed E-state index contributed by atoms with van der Waals surface area (Å²) in [4.78, 5) is 0. The first kappa shape index (κ1) is 21.9. The largest absolute Gasteiger partial charge is 0.396 e. The van der Waals surface area contributed by atoms with Crippen LogP contribution in [0.25, 0.3) is 0 Å². The maximum atomic E-state index is 9.34. The molecule has 0 aliphatic heterocycles. The van der Waals surface area contributed by atoms with Crippen LogP contribution in [0, 0.1) is 46.3 Å². The van der Waals surface area contributed by atoms with Gasteiger partial charge in [-0.1, -0.05) is 39.7 Å². The Balaban J connectivity index is 1.61. The van der Waals surface area contributed by atoms with Gasteiger partial charge in [-0.25, -0.2) is 0 Å². The van der Waals surface area contributed by atoms with E-state index in [2.05, 4.69) is 27.4 Å². The molecule has 9 atom stereocenters. The fourth-order valence-corrected chi connectivity index (χ4v) is 9.19. The zero-order valence-corrected chi connectivity index (χ0v) is 19.4. The fraction of sp³-hybridized carbons (Fsp3) is 0.926. The third-order valence-corrected chi connectivity index (χ3v) is 10.6. The van der Waals surface area contributed by atoms with Crippen molar-refractivity contribution in [3.8, 4) is 0 Å². The molecular weight excluding hydrogens is 356 g/mol. The van der Waals surface area contributed by atoms with Crippen molar-refractivity contribution in [3.05, 3.63) is 12.7 Å². The predicted octanol–water partition coefficient (Wildman–Crippen LogP) is 6.63. The van der Waals surface area contributed by atoms with Crippen LogP contribution < -0.4 is 0 Å². The molecule has 0 radical (unpaired) electrons. The highest BCUT2D eigenvalue weighted by molar-refractivity contribution is 5.11. The second kappa shape index (κ2) is 8.65. The fourth-order valence-electron chi connectivity index (χ4n) is 9.19. The van der Waals surface area contributed by atoms with Gasteiger partial charge >= 0.3 is 0 Å². The number of hydrogen-bond donors (Lipinski definition) is 1. The van der Waals surface area contributed by atoms with Crippen molar-refractivity contribution in [3.63, 3.8) is 0 Å². The zero-order chi connectivity index (χ0) is 20.6. The summed E-state index contributed by atoms with van der Waals surface area (Å²) in [5, 5.41) is 9.34. The highest BCUT2D eigenvalue weighted by atomic mass is 16.5. The molecule has 4 aliphatic rings. The van der Waals surface area contributed by atoms with Gasteiger partial charge in [0.15, 0.2) is 0 Å². The SMILES string of the molecule is C=CCO[C@@H]1CC2CCCC[C@]2(C)[C@H]2CC[C@]3(C)[C@@H]([C@H](C)CCCO)CC[C@H]3C12. The molecule has 2 unspecified atom stereocenters. The molecule has 4 rings (SSSR count). The Bertz CT molecular complexity index is 573. The van der Waals surface area contributed by atoms with Gasteiger partial charge in [0.1, 0.15) is 0 Å². The Morgan fingerprint density at radius 2 is 1.86 bits per heavy atom. The molecule has 166 valence electrons. The summed E-state index contributed by atoms with van der Waals surface area (Å²) >= 11 is 0. The monoisotopic (exact) mass is 402 g/mol. The smallest absolute Gasteiger partial charge is 0.0648 e. The van der Waals surface area contributed by atoms with E-state index in [1.165, 1.54) is 64.2 Å². The van der Waals surface area contributed by atoms with Gasteiger partial charge in [-0.05, 0) is 104 Å². The first-order valence-electron chi connectivity index (χ1n) is 12.8. The third-order valence-electron chi connectivity index (χ3n) is 10.6. The van der Waals surface area contributed by atoms with E-state index in [1.54, 1.807) is 0 Å². The minimum Gasteiger partial charge on any atom is -0.396 e. The van der Waals surface area contributed by atoms with Crippen LogP contribution in [0.5, 0.6) is 0 Å². The van der Waals surface area contributed by atoms with Crippen LogP contribution in [0.1, 0.15) is 91.4 Å². The summed E-state index contributed by atoms with van der Waals surface area (Å²) < 4.78 is 6.56. The summed E-state index contributed by atoms with van der Waals surface area (Å²) in [6.45, 7) is 12.8. The Morgan fingerprint density at radius 1 is 1.07 bits per heavy atom. The molecule has 0 bridgehead atoms. The van der Waals surface area contributed by atoms with Crippen LogP contribution in [-0.4, -0.2) is 24.4 Å². The van der Waals surface area contributed by atoms with Crippen molar-refractivity contribution in [2.24, 2.45) is 46.3 Å². The lowest BCUT2D eigenvalue weighted by atomic mass is 9.44. The van der Waals surface area contributed by atoms with Crippen molar-refractivity contribution in [1.82, 2.24) is 0 Å². The average Bonchev–Trinajstić information content (AvgIpc) is 3.07. The predicted molar refractivity (Wildman–Crippen MR) is 121 cm³/mol. The number of ether oxygens (including phenoxy) is 1. The minimum atomic E-state index is 0.346. The number of rotatable bonds is 7. The van der Waals surface area contributed by atoms with Crippen molar-refractivity contribution in [2.75, 3.05) is 13.2 Å². The molecule has 0 amide bonds. The highest BCUT2D eigenvalue weighted by Crippen LogP contribution is 2.68. The van der Waals surface area contributed by atoms with Crippen LogP contribution in [0.4, 0.5) is 0 Å². The molecule has 1 N–H and O–H groups in total. The lowest BCUT2D eigenvalue weighted by molar-refractivity contribution is -0.177. The molecule has 0 heterocycles. The molecule has 29 heavy (non-hydrogen) atoms. The molecule has 2 heteroatoms. The molecule has 0 saturated heterocycles. The topological polar surface area (TPSA) is 29.5 Å². The summed E-state index contributed by atoms with van der Waals surface area (Å²) in [6, 6.07) is 0. The van der Waals surface area contributed by atoms with Crippen molar-refractivity contribution < 1.29 is 9.84 Å². The Kier molecular flexibility index (Phi) is 6.53. The van der Waals surface area contributed by atoms with Crippen molar-refractivity contribution in [2.45, 2.75) is 97.5 Å². The van der Waals surface area contributed by atoms with Gasteiger partial charge < -0.3 is 9.84 Å². The highest BCUT2D eigenvalue weighted by Gasteiger charge is 2.62. The number of aliphatic hydroxyl groups excluding tert-OH is 1. The lowest BCUT2D eigenvalue weighted by Crippen LogP contribution is -2.58. The van der Waals surface area contributed by atoms with Crippen LogP contribution in [-0.2, 0) is 4.74 Å². The number of hydrogen-bond acceptors (Lipinski definition) is 2. The molecule has 2 nitrogen and oxygen atoms in total.